The number of carbonyl (C=O) groups excluding carboxylic acids is 2. The standard InChI is InChI=1S/C48H52BrF2N13O4/c1-25-15-37-38(16-26(25)2)57-39(56-37)22-63(47-60-46(62(8)23-48(5,6)67)59-43-34(49)20-55-64(43)47)21-27(3)45(66)61(7)13-14-68-41-40(53-24-54-42(41)52)33-18-31(50)19-36(28(33)4)58-44(65)32-12-11-30(17-35(32)51)29-9-10-29/h11-12,15-20,24,29,67H,3,9-10,13-14,21-23H2,1-2,4-8H3,(H,56,57)(H,58,65)(H2,52,53,54). The number of nitrogens with two attached hydrogens (primary N) is 1. The van der Waals surface area contributed by atoms with E-state index in [-0.39, 0.29) is 72.4 Å². The first-order valence-corrected chi connectivity index (χ1v) is 22.7. The fraction of sp³-hybridized carbons (Fsp3) is 0.333. The maximum Gasteiger partial charge on any atom is 0.258 e. The molecule has 1 aliphatic rings. The number of likely N-dealkylation sites (N-methyl/N-ethyl adjacent to an activating group) is 2. The fourth-order valence-corrected chi connectivity index (χ4v) is 8.28. The van der Waals surface area contributed by atoms with Gasteiger partial charge in [-0.1, -0.05) is 12.6 Å². The van der Waals surface area contributed by atoms with Gasteiger partial charge in [-0.25, -0.2) is 23.7 Å². The lowest BCUT2D eigenvalue weighted by Gasteiger charge is -2.28. The van der Waals surface area contributed by atoms with Crippen LogP contribution in [0.5, 0.6) is 5.75 Å². The number of H-pyrrole nitrogens is 1. The first kappa shape index (κ1) is 47.4. The second kappa shape index (κ2) is 18.9. The van der Waals surface area contributed by atoms with Crippen molar-refractivity contribution in [3.8, 4) is 17.0 Å². The van der Waals surface area contributed by atoms with Crippen molar-refractivity contribution < 1.29 is 28.2 Å². The van der Waals surface area contributed by atoms with Crippen LogP contribution in [0.2, 0.25) is 0 Å². The van der Waals surface area contributed by atoms with Gasteiger partial charge in [0.25, 0.3) is 11.8 Å². The Balaban J connectivity index is 1.01. The number of anilines is 4. The van der Waals surface area contributed by atoms with E-state index in [1.807, 2.05) is 30.9 Å². The van der Waals surface area contributed by atoms with Crippen LogP contribution >= 0.6 is 15.9 Å². The van der Waals surface area contributed by atoms with E-state index >= 15 is 8.78 Å². The number of ether oxygens (including phenoxy) is 1. The Morgan fingerprint density at radius 3 is 2.53 bits per heavy atom. The summed E-state index contributed by atoms with van der Waals surface area (Å²) in [6, 6.07) is 11.0. The number of aliphatic hydroxyl groups is 1. The lowest BCUT2D eigenvalue weighted by atomic mass is 10.0. The van der Waals surface area contributed by atoms with Crippen molar-refractivity contribution in [2.24, 2.45) is 0 Å². The first-order valence-electron chi connectivity index (χ1n) is 21.9. The molecule has 5 N–H and O–H groups in total. The Morgan fingerprint density at radius 1 is 1.06 bits per heavy atom. The number of amides is 2. The van der Waals surface area contributed by atoms with Gasteiger partial charge in [-0.3, -0.25) is 9.59 Å². The number of nitrogen functional groups attached to an aromatic ring is 1. The van der Waals surface area contributed by atoms with Crippen LogP contribution in [-0.2, 0) is 11.3 Å². The van der Waals surface area contributed by atoms with Crippen molar-refractivity contribution in [3.63, 3.8) is 0 Å². The summed E-state index contributed by atoms with van der Waals surface area (Å²) in [5, 5.41) is 17.9. The Labute approximate surface area is 399 Å². The Kier molecular flexibility index (Phi) is 13.2. The molecule has 7 aromatic rings. The zero-order valence-electron chi connectivity index (χ0n) is 38.8. The summed E-state index contributed by atoms with van der Waals surface area (Å²) in [6.45, 7) is 13.6. The molecule has 1 aliphatic carbocycles. The number of aromatic amines is 1. The zero-order valence-corrected chi connectivity index (χ0v) is 40.4. The number of aryl methyl sites for hydroxylation is 2. The third-order valence-electron chi connectivity index (χ3n) is 11.7. The highest BCUT2D eigenvalue weighted by Gasteiger charge is 2.28. The zero-order chi connectivity index (χ0) is 48.8. The van der Waals surface area contributed by atoms with Crippen molar-refractivity contribution in [1.29, 1.82) is 0 Å². The van der Waals surface area contributed by atoms with Crippen LogP contribution in [0, 0.1) is 32.4 Å². The highest BCUT2D eigenvalue weighted by atomic mass is 79.9. The Hall–Kier alpha value is -7.06. The molecule has 0 atom stereocenters. The van der Waals surface area contributed by atoms with E-state index in [1.54, 1.807) is 56.5 Å². The Morgan fingerprint density at radius 2 is 1.81 bits per heavy atom. The summed E-state index contributed by atoms with van der Waals surface area (Å²) < 4.78 is 38.6. The lowest BCUT2D eigenvalue weighted by Crippen LogP contribution is -2.39. The molecular weight excluding hydrogens is 941 g/mol. The summed E-state index contributed by atoms with van der Waals surface area (Å²) in [6.07, 6.45) is 4.78. The Bertz CT molecular complexity index is 3070. The van der Waals surface area contributed by atoms with E-state index < -0.39 is 29.0 Å². The second-order valence-corrected chi connectivity index (χ2v) is 18.8. The van der Waals surface area contributed by atoms with Crippen LogP contribution in [0.4, 0.5) is 32.2 Å². The maximum atomic E-state index is 15.3. The molecule has 2 amide bonds. The van der Waals surface area contributed by atoms with Gasteiger partial charge in [-0.2, -0.15) is 19.6 Å². The highest BCUT2D eigenvalue weighted by molar-refractivity contribution is 9.10. The molecule has 17 nitrogen and oxygen atoms in total. The van der Waals surface area contributed by atoms with Crippen LogP contribution in [0.3, 0.4) is 0 Å². The van der Waals surface area contributed by atoms with Crippen molar-refractivity contribution in [1.82, 2.24) is 44.4 Å². The van der Waals surface area contributed by atoms with Gasteiger partial charge in [-0.05, 0) is 128 Å². The molecule has 0 aliphatic heterocycles. The maximum absolute atomic E-state index is 15.3. The topological polar surface area (TPSA) is 209 Å². The SMILES string of the molecule is C=C(CN(Cc1nc2cc(C)c(C)cc2[nH]1)c1nc(N(C)CC(C)(C)O)nc2c(Br)cnn12)C(=O)N(C)CCOc1c(N)ncnc1-c1cc(F)cc(NC(=O)c2ccc(C3CC3)cc2F)c1C. The molecular formula is C48H52BrF2N13O4. The summed E-state index contributed by atoms with van der Waals surface area (Å²) in [7, 11) is 3.38. The van der Waals surface area contributed by atoms with Crippen LogP contribution in [0.1, 0.15) is 71.0 Å². The number of halogens is 3. The molecule has 8 rings (SSSR count). The number of nitrogens with one attached hydrogen (secondary N) is 2. The minimum Gasteiger partial charge on any atom is -0.486 e. The van der Waals surface area contributed by atoms with Gasteiger partial charge >= 0.3 is 0 Å². The highest BCUT2D eigenvalue weighted by Crippen LogP contribution is 2.41. The van der Waals surface area contributed by atoms with Crippen molar-refractivity contribution >= 4 is 67.8 Å². The summed E-state index contributed by atoms with van der Waals surface area (Å²) in [5.41, 5.74) is 11.3. The van der Waals surface area contributed by atoms with Gasteiger partial charge in [0.15, 0.2) is 17.2 Å². The van der Waals surface area contributed by atoms with E-state index in [0.29, 0.717) is 39.3 Å². The smallest absolute Gasteiger partial charge is 0.258 e. The largest absolute Gasteiger partial charge is 0.486 e. The molecule has 3 aromatic carbocycles. The van der Waals surface area contributed by atoms with Crippen molar-refractivity contribution in [2.45, 2.75) is 65.5 Å². The average molecular weight is 993 g/mol. The van der Waals surface area contributed by atoms with E-state index in [1.165, 1.54) is 29.4 Å². The van der Waals surface area contributed by atoms with Gasteiger partial charge in [0.1, 0.15) is 36.1 Å². The molecule has 0 unspecified atom stereocenters. The molecule has 1 fully saturated rings. The number of aromatic nitrogens is 8. The molecule has 354 valence electrons. The molecule has 0 bridgehead atoms. The number of nitrogens with zero attached hydrogens (tertiary/aromatic N) is 10. The van der Waals surface area contributed by atoms with E-state index in [4.69, 9.17) is 25.4 Å². The van der Waals surface area contributed by atoms with E-state index in [2.05, 4.69) is 47.9 Å². The molecule has 0 saturated heterocycles. The number of hydrogen-bond donors (Lipinski definition) is 4. The van der Waals surface area contributed by atoms with Crippen molar-refractivity contribution in [3.05, 3.63) is 117 Å². The molecule has 20 heteroatoms. The van der Waals surface area contributed by atoms with Crippen LogP contribution in [-0.4, -0.2) is 107 Å². The van der Waals surface area contributed by atoms with Crippen LogP contribution in [0.25, 0.3) is 27.9 Å². The van der Waals surface area contributed by atoms with Gasteiger partial charge in [0, 0.05) is 37.5 Å². The van der Waals surface area contributed by atoms with Gasteiger partial charge in [0.2, 0.25) is 11.9 Å². The summed E-state index contributed by atoms with van der Waals surface area (Å²) >= 11 is 3.56. The number of benzene rings is 3. The summed E-state index contributed by atoms with van der Waals surface area (Å²) in [5.74, 6) is -0.950. The number of fused-ring (bicyclic) bond motifs is 2. The second-order valence-electron chi connectivity index (χ2n) is 17.9. The number of carbonyl (C=O) groups is 2. The molecule has 0 radical (unpaired) electrons. The monoisotopic (exact) mass is 991 g/mol. The third kappa shape index (κ3) is 10.2. The number of imidazole rings is 1. The number of rotatable bonds is 17. The fourth-order valence-electron chi connectivity index (χ4n) is 7.93. The molecule has 4 aromatic heterocycles. The summed E-state index contributed by atoms with van der Waals surface area (Å²) in [4.78, 5) is 58.8. The third-order valence-corrected chi connectivity index (χ3v) is 12.3. The van der Waals surface area contributed by atoms with E-state index in [0.717, 1.165) is 46.6 Å². The van der Waals surface area contributed by atoms with Gasteiger partial charge in [-0.15, -0.1) is 0 Å². The van der Waals surface area contributed by atoms with Gasteiger partial charge < -0.3 is 40.6 Å². The van der Waals surface area contributed by atoms with Crippen molar-refractivity contribution in [2.75, 3.05) is 61.2 Å². The average Bonchev–Trinajstić information content (AvgIpc) is 3.97. The minimum atomic E-state index is -1.06. The van der Waals surface area contributed by atoms with Crippen LogP contribution in [0.15, 0.2) is 71.6 Å². The lowest BCUT2D eigenvalue weighted by molar-refractivity contribution is -0.126. The van der Waals surface area contributed by atoms with Gasteiger partial charge in [0.05, 0.1) is 52.5 Å². The molecule has 68 heavy (non-hydrogen) atoms. The predicted molar refractivity (Wildman–Crippen MR) is 260 cm³/mol. The predicted octanol–water partition coefficient (Wildman–Crippen LogP) is 7.44. The molecule has 1 saturated carbocycles. The molecule has 0 spiro atoms. The minimum absolute atomic E-state index is 0.0167. The number of hydrogen-bond acceptors (Lipinski definition) is 13. The normalized spacial score (nSPS) is 12.7. The van der Waals surface area contributed by atoms with E-state index in [9.17, 15) is 14.7 Å². The first-order chi connectivity index (χ1) is 32.2. The van der Waals surface area contributed by atoms with Crippen LogP contribution < -0.4 is 25.6 Å². The quantitative estimate of drug-likeness (QED) is 0.0655. The molecule has 4 heterocycles.